The number of hydrogen-bond donors (Lipinski definition) is 1. The topological polar surface area (TPSA) is 40.5 Å². The summed E-state index contributed by atoms with van der Waals surface area (Å²) in [6.07, 6.45) is 3.30. The third-order valence-electron chi connectivity index (χ3n) is 5.44. The molecule has 1 aliphatic carbocycles. The Labute approximate surface area is 147 Å². The fraction of sp³-hybridized carbons (Fsp3) is 0.227. The molecule has 0 aromatic heterocycles. The molecule has 1 aliphatic heterocycles. The number of benzene rings is 2. The summed E-state index contributed by atoms with van der Waals surface area (Å²) in [5.41, 5.74) is 3.33. The molecule has 1 unspecified atom stereocenters. The highest BCUT2D eigenvalue weighted by Crippen LogP contribution is 2.50. The van der Waals surface area contributed by atoms with Crippen LogP contribution in [0.3, 0.4) is 0 Å². The quantitative estimate of drug-likeness (QED) is 0.900. The first-order valence-corrected chi connectivity index (χ1v) is 8.62. The predicted octanol–water partition coefficient (Wildman–Crippen LogP) is 4.09. The molecule has 1 amide bonds. The van der Waals surface area contributed by atoms with E-state index in [0.717, 1.165) is 29.5 Å². The zero-order valence-corrected chi connectivity index (χ0v) is 14.3. The van der Waals surface area contributed by atoms with Crippen LogP contribution in [-0.4, -0.2) is 29.5 Å². The maximum absolute atomic E-state index is 12.9. The molecule has 2 aliphatic rings. The van der Waals surface area contributed by atoms with E-state index in [1.165, 1.54) is 0 Å². The lowest BCUT2D eigenvalue weighted by Gasteiger charge is -2.45. The summed E-state index contributed by atoms with van der Waals surface area (Å²) in [6, 6.07) is 20.2. The smallest absolute Gasteiger partial charge is 0.254 e. The first-order valence-electron chi connectivity index (χ1n) is 8.62. The van der Waals surface area contributed by atoms with Gasteiger partial charge in [0.2, 0.25) is 0 Å². The first-order chi connectivity index (χ1) is 12.1. The van der Waals surface area contributed by atoms with Crippen LogP contribution in [0.4, 0.5) is 0 Å². The number of piperidine rings is 1. The number of likely N-dealkylation sites (tertiary alicyclic amines) is 1. The van der Waals surface area contributed by atoms with Gasteiger partial charge in [0.25, 0.3) is 5.91 Å². The van der Waals surface area contributed by atoms with Crippen molar-refractivity contribution in [1.29, 1.82) is 0 Å². The van der Waals surface area contributed by atoms with Crippen LogP contribution in [0.15, 0.2) is 78.1 Å². The minimum absolute atomic E-state index is 0.0732. The maximum Gasteiger partial charge on any atom is 0.254 e. The van der Waals surface area contributed by atoms with Crippen molar-refractivity contribution < 1.29 is 9.90 Å². The molecule has 2 aromatic carbocycles. The molecule has 1 N–H and O–H groups in total. The van der Waals surface area contributed by atoms with Gasteiger partial charge in [-0.3, -0.25) is 4.79 Å². The van der Waals surface area contributed by atoms with Crippen LogP contribution in [0.5, 0.6) is 0 Å². The molecular formula is C22H21NO2. The zero-order chi connectivity index (χ0) is 17.4. The normalized spacial score (nSPS) is 23.3. The number of likely N-dealkylation sites (N-methyl/N-ethyl adjacent to an activating group) is 1. The van der Waals surface area contributed by atoms with Gasteiger partial charge >= 0.3 is 0 Å². The summed E-state index contributed by atoms with van der Waals surface area (Å²) in [5, 5.41) is 10.8. The molecule has 25 heavy (non-hydrogen) atoms. The molecule has 0 bridgehead atoms. The molecule has 0 saturated carbocycles. The van der Waals surface area contributed by atoms with E-state index in [9.17, 15) is 9.90 Å². The number of nitrogens with zero attached hydrogens (tertiary/aromatic N) is 1. The summed E-state index contributed by atoms with van der Waals surface area (Å²) in [6.45, 7) is 0.687. The lowest BCUT2D eigenvalue weighted by Crippen LogP contribution is -2.48. The number of allylic oxidation sites excluding steroid dienone is 2. The lowest BCUT2D eigenvalue weighted by atomic mass is 9.62. The third kappa shape index (κ3) is 2.47. The number of fused-ring (bicyclic) bond motifs is 1. The highest BCUT2D eigenvalue weighted by Gasteiger charge is 2.48. The van der Waals surface area contributed by atoms with Crippen LogP contribution in [0, 0.1) is 0 Å². The highest BCUT2D eigenvalue weighted by atomic mass is 16.3. The zero-order valence-electron chi connectivity index (χ0n) is 14.3. The second kappa shape index (κ2) is 5.92. The summed E-state index contributed by atoms with van der Waals surface area (Å²) in [5.74, 6) is 0.0291. The van der Waals surface area contributed by atoms with Gasteiger partial charge in [-0.25, -0.2) is 0 Å². The van der Waals surface area contributed by atoms with Crippen LogP contribution < -0.4 is 0 Å². The van der Waals surface area contributed by atoms with Gasteiger partial charge in [-0.05, 0) is 35.6 Å². The van der Waals surface area contributed by atoms with Crippen molar-refractivity contribution in [2.24, 2.45) is 0 Å². The van der Waals surface area contributed by atoms with Gasteiger partial charge < -0.3 is 10.0 Å². The van der Waals surface area contributed by atoms with Crippen LogP contribution >= 0.6 is 0 Å². The van der Waals surface area contributed by atoms with E-state index < -0.39 is 5.41 Å². The van der Waals surface area contributed by atoms with E-state index >= 15 is 0 Å². The second-order valence-corrected chi connectivity index (χ2v) is 6.90. The molecule has 0 radical (unpaired) electrons. The summed E-state index contributed by atoms with van der Waals surface area (Å²) in [4.78, 5) is 14.6. The van der Waals surface area contributed by atoms with Crippen molar-refractivity contribution in [3.63, 3.8) is 0 Å². The van der Waals surface area contributed by atoms with Gasteiger partial charge in [-0.15, -0.1) is 0 Å². The van der Waals surface area contributed by atoms with Crippen molar-refractivity contribution in [2.75, 3.05) is 13.6 Å². The summed E-state index contributed by atoms with van der Waals surface area (Å²) < 4.78 is 0. The summed E-state index contributed by atoms with van der Waals surface area (Å²) in [7, 11) is 1.80. The van der Waals surface area contributed by atoms with E-state index in [1.54, 1.807) is 18.0 Å². The standard InChI is InChI=1S/C22H21NO2/c1-23-13-12-22(18-10-6-3-7-11-18)15-17(16-8-4-2-5-9-16)14-19(24)20(22)21(23)25/h2-11,14,24H,12-13,15H2,1H3. The fourth-order valence-electron chi connectivity index (χ4n) is 4.11. The number of aliphatic hydroxyl groups excluding tert-OH is 1. The van der Waals surface area contributed by atoms with E-state index in [-0.39, 0.29) is 11.7 Å². The molecule has 3 nitrogen and oxygen atoms in total. The Balaban J connectivity index is 1.92. The van der Waals surface area contributed by atoms with Crippen molar-refractivity contribution in [3.8, 4) is 0 Å². The van der Waals surface area contributed by atoms with Crippen molar-refractivity contribution in [1.82, 2.24) is 4.90 Å². The van der Waals surface area contributed by atoms with Gasteiger partial charge in [0.15, 0.2) is 0 Å². The number of aliphatic hydroxyl groups is 1. The molecule has 1 atom stereocenters. The largest absolute Gasteiger partial charge is 0.507 e. The van der Waals surface area contributed by atoms with Crippen LogP contribution in [-0.2, 0) is 10.2 Å². The van der Waals surface area contributed by atoms with Gasteiger partial charge in [0.1, 0.15) is 5.76 Å². The minimum Gasteiger partial charge on any atom is -0.507 e. The van der Waals surface area contributed by atoms with Crippen LogP contribution in [0.1, 0.15) is 24.0 Å². The number of amides is 1. The van der Waals surface area contributed by atoms with E-state index in [0.29, 0.717) is 12.1 Å². The summed E-state index contributed by atoms with van der Waals surface area (Å²) >= 11 is 0. The molecule has 3 heteroatoms. The Morgan fingerprint density at radius 3 is 2.32 bits per heavy atom. The van der Waals surface area contributed by atoms with Crippen LogP contribution in [0.25, 0.3) is 5.57 Å². The van der Waals surface area contributed by atoms with Crippen LogP contribution in [0.2, 0.25) is 0 Å². The number of hydrogen-bond acceptors (Lipinski definition) is 2. The Morgan fingerprint density at radius 1 is 1.00 bits per heavy atom. The first kappa shape index (κ1) is 15.7. The molecule has 0 spiro atoms. The van der Waals surface area contributed by atoms with E-state index in [4.69, 9.17) is 0 Å². The second-order valence-electron chi connectivity index (χ2n) is 6.90. The number of carbonyl (C=O) groups is 1. The van der Waals surface area contributed by atoms with Gasteiger partial charge in [-0.2, -0.15) is 0 Å². The molecule has 1 fully saturated rings. The van der Waals surface area contributed by atoms with Crippen molar-refractivity contribution >= 4 is 11.5 Å². The molecule has 1 saturated heterocycles. The minimum atomic E-state index is -0.463. The fourth-order valence-corrected chi connectivity index (χ4v) is 4.11. The Bertz CT molecular complexity index is 867. The molecular weight excluding hydrogens is 310 g/mol. The average molecular weight is 331 g/mol. The van der Waals surface area contributed by atoms with E-state index in [1.807, 2.05) is 36.4 Å². The van der Waals surface area contributed by atoms with Crippen molar-refractivity contribution in [2.45, 2.75) is 18.3 Å². The molecule has 4 rings (SSSR count). The Morgan fingerprint density at radius 2 is 1.64 bits per heavy atom. The lowest BCUT2D eigenvalue weighted by molar-refractivity contribution is -0.128. The average Bonchev–Trinajstić information content (AvgIpc) is 2.66. The monoisotopic (exact) mass is 331 g/mol. The van der Waals surface area contributed by atoms with Crippen molar-refractivity contribution in [3.05, 3.63) is 89.2 Å². The Hall–Kier alpha value is -2.81. The SMILES string of the molecule is CN1CCC2(c3ccccc3)CC(c3ccccc3)=CC(O)=C2C1=O. The van der Waals surface area contributed by atoms with Gasteiger partial charge in [0.05, 0.1) is 5.57 Å². The van der Waals surface area contributed by atoms with Gasteiger partial charge in [0, 0.05) is 19.0 Å². The van der Waals surface area contributed by atoms with E-state index in [2.05, 4.69) is 24.3 Å². The molecule has 126 valence electrons. The predicted molar refractivity (Wildman–Crippen MR) is 99.1 cm³/mol. The number of carbonyl (C=O) groups excluding carboxylic acids is 1. The highest BCUT2D eigenvalue weighted by molar-refractivity contribution is 5.99. The van der Waals surface area contributed by atoms with Gasteiger partial charge in [-0.1, -0.05) is 60.7 Å². The third-order valence-corrected chi connectivity index (χ3v) is 5.44. The molecule has 2 aromatic rings. The Kier molecular flexibility index (Phi) is 3.72. The molecule has 1 heterocycles. The number of rotatable bonds is 2. The maximum atomic E-state index is 12.9.